The van der Waals surface area contributed by atoms with E-state index in [1.165, 1.54) is 18.2 Å². The van der Waals surface area contributed by atoms with E-state index in [9.17, 15) is 14.9 Å². The van der Waals surface area contributed by atoms with Gasteiger partial charge in [0, 0.05) is 23.3 Å². The first-order chi connectivity index (χ1) is 9.81. The molecule has 2 rings (SSSR count). The zero-order valence-electron chi connectivity index (χ0n) is 11.9. The summed E-state index contributed by atoms with van der Waals surface area (Å²) in [4.78, 5) is 22.9. The topological polar surface area (TPSA) is 60.2 Å². The molecule has 0 spiro atoms. The average molecular weight is 304 g/mol. The van der Waals surface area contributed by atoms with Crippen LogP contribution in [-0.4, -0.2) is 10.7 Å². The maximum absolute atomic E-state index is 12.6. The number of aryl methyl sites for hydroxylation is 3. The molecule has 0 aliphatic carbocycles. The number of ketones is 1. The molecule has 0 heterocycles. The fourth-order valence-corrected chi connectivity index (χ4v) is 2.35. The standard InChI is InChI=1S/C16H14ClNO3/c1-9-6-11(3)13(7-10(9)2)16(19)14-8-12(18(20)21)4-5-15(14)17/h4-8H,1-3H3. The summed E-state index contributed by atoms with van der Waals surface area (Å²) in [5.74, 6) is -0.302. The maximum atomic E-state index is 12.6. The van der Waals surface area contributed by atoms with Gasteiger partial charge in [0.2, 0.25) is 0 Å². The van der Waals surface area contributed by atoms with Crippen molar-refractivity contribution in [2.45, 2.75) is 20.8 Å². The van der Waals surface area contributed by atoms with Crippen LogP contribution in [0.3, 0.4) is 0 Å². The third-order valence-corrected chi connectivity index (χ3v) is 3.82. The summed E-state index contributed by atoms with van der Waals surface area (Å²) in [6, 6.07) is 7.60. The first-order valence-corrected chi connectivity index (χ1v) is 6.75. The van der Waals surface area contributed by atoms with Crippen LogP contribution in [0.15, 0.2) is 30.3 Å². The summed E-state index contributed by atoms with van der Waals surface area (Å²) in [7, 11) is 0. The van der Waals surface area contributed by atoms with Gasteiger partial charge in [-0.1, -0.05) is 17.7 Å². The fourth-order valence-electron chi connectivity index (χ4n) is 2.15. The van der Waals surface area contributed by atoms with Gasteiger partial charge in [-0.3, -0.25) is 14.9 Å². The van der Waals surface area contributed by atoms with Crippen LogP contribution in [0.1, 0.15) is 32.6 Å². The fraction of sp³-hybridized carbons (Fsp3) is 0.188. The summed E-state index contributed by atoms with van der Waals surface area (Å²) in [6.07, 6.45) is 0. The Morgan fingerprint density at radius 1 is 1.00 bits per heavy atom. The van der Waals surface area contributed by atoms with Crippen molar-refractivity contribution in [3.63, 3.8) is 0 Å². The Balaban J connectivity index is 2.57. The van der Waals surface area contributed by atoms with Crippen LogP contribution in [0, 0.1) is 30.9 Å². The molecule has 0 N–H and O–H groups in total. The smallest absolute Gasteiger partial charge is 0.270 e. The van der Waals surface area contributed by atoms with Crippen molar-refractivity contribution in [1.29, 1.82) is 0 Å². The molecule has 0 unspecified atom stereocenters. The second kappa shape index (κ2) is 5.66. The van der Waals surface area contributed by atoms with Crippen molar-refractivity contribution in [2.75, 3.05) is 0 Å². The van der Waals surface area contributed by atoms with Gasteiger partial charge in [0.05, 0.1) is 9.95 Å². The number of rotatable bonds is 3. The molecule has 0 radical (unpaired) electrons. The zero-order valence-corrected chi connectivity index (χ0v) is 12.7. The van der Waals surface area contributed by atoms with Gasteiger partial charge in [-0.15, -0.1) is 0 Å². The van der Waals surface area contributed by atoms with E-state index in [1.807, 2.05) is 26.8 Å². The van der Waals surface area contributed by atoms with E-state index in [2.05, 4.69) is 0 Å². The lowest BCUT2D eigenvalue weighted by Gasteiger charge is -2.10. The highest BCUT2D eigenvalue weighted by Gasteiger charge is 2.19. The average Bonchev–Trinajstić information content (AvgIpc) is 2.42. The highest BCUT2D eigenvalue weighted by Crippen LogP contribution is 2.26. The molecule has 0 fully saturated rings. The summed E-state index contributed by atoms with van der Waals surface area (Å²) >= 11 is 6.03. The Morgan fingerprint density at radius 2 is 1.62 bits per heavy atom. The molecule has 0 saturated heterocycles. The molecule has 0 bridgehead atoms. The van der Waals surface area contributed by atoms with E-state index in [1.54, 1.807) is 6.07 Å². The number of hydrogen-bond acceptors (Lipinski definition) is 3. The van der Waals surface area contributed by atoms with Crippen LogP contribution in [0.5, 0.6) is 0 Å². The lowest BCUT2D eigenvalue weighted by atomic mass is 9.94. The Labute approximate surface area is 127 Å². The molecule has 21 heavy (non-hydrogen) atoms. The van der Waals surface area contributed by atoms with E-state index >= 15 is 0 Å². The normalized spacial score (nSPS) is 10.5. The molecule has 0 aliphatic heterocycles. The first-order valence-electron chi connectivity index (χ1n) is 6.37. The number of carbonyl (C=O) groups is 1. The van der Waals surface area contributed by atoms with Crippen molar-refractivity contribution in [2.24, 2.45) is 0 Å². The van der Waals surface area contributed by atoms with Gasteiger partial charge in [-0.2, -0.15) is 0 Å². The minimum Gasteiger partial charge on any atom is -0.289 e. The van der Waals surface area contributed by atoms with Gasteiger partial charge in [-0.05, 0) is 49.6 Å². The van der Waals surface area contributed by atoms with Crippen LogP contribution in [0.2, 0.25) is 5.02 Å². The number of carbonyl (C=O) groups excluding carboxylic acids is 1. The number of nitro benzene ring substituents is 1. The van der Waals surface area contributed by atoms with Gasteiger partial charge < -0.3 is 0 Å². The number of hydrogen-bond donors (Lipinski definition) is 0. The minimum absolute atomic E-state index is 0.149. The molecular formula is C16H14ClNO3. The van der Waals surface area contributed by atoms with Crippen molar-refractivity contribution in [3.8, 4) is 0 Å². The van der Waals surface area contributed by atoms with E-state index < -0.39 is 4.92 Å². The SMILES string of the molecule is Cc1cc(C)c(C(=O)c2cc([N+](=O)[O-])ccc2Cl)cc1C. The van der Waals surface area contributed by atoms with E-state index in [0.717, 1.165) is 16.7 Å². The summed E-state index contributed by atoms with van der Waals surface area (Å²) in [6.45, 7) is 5.72. The van der Waals surface area contributed by atoms with Crippen LogP contribution in [-0.2, 0) is 0 Å². The summed E-state index contributed by atoms with van der Waals surface area (Å²) in [5.41, 5.74) is 3.42. The molecule has 0 saturated carbocycles. The van der Waals surface area contributed by atoms with Crippen LogP contribution in [0.4, 0.5) is 5.69 Å². The number of benzene rings is 2. The molecule has 2 aromatic rings. The molecule has 4 nitrogen and oxygen atoms in total. The lowest BCUT2D eigenvalue weighted by molar-refractivity contribution is -0.384. The third kappa shape index (κ3) is 2.95. The maximum Gasteiger partial charge on any atom is 0.270 e. The second-order valence-electron chi connectivity index (χ2n) is 5.00. The Bertz CT molecular complexity index is 753. The van der Waals surface area contributed by atoms with Crippen LogP contribution in [0.25, 0.3) is 0 Å². The lowest BCUT2D eigenvalue weighted by Crippen LogP contribution is -2.06. The molecule has 0 aliphatic rings. The molecule has 5 heteroatoms. The monoisotopic (exact) mass is 303 g/mol. The Kier molecular flexibility index (Phi) is 4.09. The number of nitro groups is 1. The Morgan fingerprint density at radius 3 is 2.24 bits per heavy atom. The third-order valence-electron chi connectivity index (χ3n) is 3.49. The van der Waals surface area contributed by atoms with Crippen molar-refractivity contribution in [3.05, 3.63) is 73.3 Å². The van der Waals surface area contributed by atoms with Crippen molar-refractivity contribution < 1.29 is 9.72 Å². The van der Waals surface area contributed by atoms with Crippen LogP contribution >= 0.6 is 11.6 Å². The number of halogens is 1. The molecular weight excluding hydrogens is 290 g/mol. The summed E-state index contributed by atoms with van der Waals surface area (Å²) in [5, 5.41) is 11.1. The molecule has 0 atom stereocenters. The number of non-ortho nitro benzene ring substituents is 1. The molecule has 0 aromatic heterocycles. The number of nitrogens with zero attached hydrogens (tertiary/aromatic N) is 1. The van der Waals surface area contributed by atoms with Gasteiger partial charge in [0.1, 0.15) is 0 Å². The van der Waals surface area contributed by atoms with E-state index in [4.69, 9.17) is 11.6 Å². The van der Waals surface area contributed by atoms with Crippen molar-refractivity contribution in [1.82, 2.24) is 0 Å². The second-order valence-corrected chi connectivity index (χ2v) is 5.41. The van der Waals surface area contributed by atoms with E-state index in [-0.39, 0.29) is 22.1 Å². The molecule has 2 aromatic carbocycles. The van der Waals surface area contributed by atoms with Gasteiger partial charge in [0.25, 0.3) is 5.69 Å². The molecule has 108 valence electrons. The molecule has 0 amide bonds. The minimum atomic E-state index is -0.541. The zero-order chi connectivity index (χ0) is 15.7. The van der Waals surface area contributed by atoms with Gasteiger partial charge in [0.15, 0.2) is 5.78 Å². The van der Waals surface area contributed by atoms with Crippen molar-refractivity contribution >= 4 is 23.1 Å². The van der Waals surface area contributed by atoms with E-state index in [0.29, 0.717) is 5.56 Å². The van der Waals surface area contributed by atoms with Gasteiger partial charge in [-0.25, -0.2) is 0 Å². The predicted molar refractivity (Wildman–Crippen MR) is 82.2 cm³/mol. The quantitative estimate of drug-likeness (QED) is 0.479. The van der Waals surface area contributed by atoms with Gasteiger partial charge >= 0.3 is 0 Å². The highest BCUT2D eigenvalue weighted by atomic mass is 35.5. The predicted octanol–water partition coefficient (Wildman–Crippen LogP) is 4.40. The summed E-state index contributed by atoms with van der Waals surface area (Å²) < 4.78 is 0. The first kappa shape index (κ1) is 15.2. The Hall–Kier alpha value is -2.20. The highest BCUT2D eigenvalue weighted by molar-refractivity contribution is 6.35. The largest absolute Gasteiger partial charge is 0.289 e. The van der Waals surface area contributed by atoms with Crippen LogP contribution < -0.4 is 0 Å².